The van der Waals surface area contributed by atoms with E-state index in [1.54, 1.807) is 0 Å². The molecule has 0 aliphatic heterocycles. The number of methoxy groups -OCH3 is 1. The van der Waals surface area contributed by atoms with E-state index in [-0.39, 0.29) is 51.9 Å². The van der Waals surface area contributed by atoms with Crippen LogP contribution in [0.3, 0.4) is 0 Å². The average Bonchev–Trinajstić information content (AvgIpc) is 3.36. The van der Waals surface area contributed by atoms with Gasteiger partial charge in [0.15, 0.2) is 6.61 Å². The van der Waals surface area contributed by atoms with E-state index in [2.05, 4.69) is 15.8 Å². The van der Waals surface area contributed by atoms with Gasteiger partial charge in [-0.2, -0.15) is 0 Å². The van der Waals surface area contributed by atoms with Gasteiger partial charge in [0, 0.05) is 17.1 Å². The Hall–Kier alpha value is -2.81. The molecule has 1 aromatic heterocycles. The maximum absolute atomic E-state index is 13.4. The van der Waals surface area contributed by atoms with Gasteiger partial charge in [-0.3, -0.25) is 9.59 Å². The van der Waals surface area contributed by atoms with Gasteiger partial charge in [-0.25, -0.2) is 4.39 Å². The zero-order valence-electron chi connectivity index (χ0n) is 15.6. The number of benzene rings is 1. The molecule has 5 rings (SSSR count). The van der Waals surface area contributed by atoms with Crippen LogP contribution in [0.1, 0.15) is 36.2 Å². The van der Waals surface area contributed by atoms with Gasteiger partial charge < -0.3 is 24.6 Å². The standard InChI is InChI=1S/C19H19ClFN3O5/c1-27-16-7-14(29-24-16)17(26)23-19-5-4-18(9-19,10-19)22-15(25)8-28-11-2-3-12(20)13(21)6-11/h2-3,6-7H,4-5,8-10H2,1H3,(H,22,25)(H,23,26). The van der Waals surface area contributed by atoms with Crippen LogP contribution in [-0.4, -0.2) is 41.8 Å². The Morgan fingerprint density at radius 2 is 1.97 bits per heavy atom. The van der Waals surface area contributed by atoms with Gasteiger partial charge in [-0.05, 0) is 43.0 Å². The molecule has 0 radical (unpaired) electrons. The molecule has 154 valence electrons. The van der Waals surface area contributed by atoms with Crippen LogP contribution >= 0.6 is 11.6 Å². The quantitative estimate of drug-likeness (QED) is 0.709. The Morgan fingerprint density at radius 3 is 2.62 bits per heavy atom. The van der Waals surface area contributed by atoms with Crippen molar-refractivity contribution in [3.8, 4) is 11.6 Å². The van der Waals surface area contributed by atoms with Crippen LogP contribution < -0.4 is 20.1 Å². The number of nitrogens with one attached hydrogen (secondary N) is 2. The van der Waals surface area contributed by atoms with E-state index in [0.717, 1.165) is 18.9 Å². The summed E-state index contributed by atoms with van der Waals surface area (Å²) in [6.07, 6.45) is 2.73. The van der Waals surface area contributed by atoms with Crippen LogP contribution in [0.4, 0.5) is 4.39 Å². The molecule has 3 aliphatic rings. The van der Waals surface area contributed by atoms with Crippen LogP contribution in [0.15, 0.2) is 28.8 Å². The Labute approximate surface area is 170 Å². The van der Waals surface area contributed by atoms with Crippen molar-refractivity contribution in [3.63, 3.8) is 0 Å². The first-order valence-electron chi connectivity index (χ1n) is 9.04. The number of carbonyl (C=O) groups excluding carboxylic acids is 2. The Morgan fingerprint density at radius 1 is 1.24 bits per heavy atom. The summed E-state index contributed by atoms with van der Waals surface area (Å²) in [7, 11) is 1.44. The van der Waals surface area contributed by atoms with Crippen molar-refractivity contribution in [3.05, 3.63) is 40.9 Å². The van der Waals surface area contributed by atoms with Crippen molar-refractivity contribution < 1.29 is 28.0 Å². The number of nitrogens with zero attached hydrogens (tertiary/aromatic N) is 1. The van der Waals surface area contributed by atoms with Gasteiger partial charge in [0.2, 0.25) is 5.76 Å². The summed E-state index contributed by atoms with van der Waals surface area (Å²) in [5.41, 5.74) is -0.734. The lowest BCUT2D eigenvalue weighted by Crippen LogP contribution is -2.64. The van der Waals surface area contributed by atoms with E-state index in [4.69, 9.17) is 25.6 Å². The highest BCUT2D eigenvalue weighted by Gasteiger charge is 2.62. The van der Waals surface area contributed by atoms with E-state index in [1.807, 2.05) is 0 Å². The SMILES string of the molecule is COc1cc(C(=O)NC23CCC(NC(=O)COc4ccc(Cl)c(F)c4)(C2)C3)on1. The van der Waals surface area contributed by atoms with Gasteiger partial charge in [-0.15, -0.1) is 0 Å². The lowest BCUT2D eigenvalue weighted by Gasteiger charge is -2.47. The van der Waals surface area contributed by atoms with Crippen molar-refractivity contribution in [2.45, 2.75) is 36.8 Å². The zero-order valence-corrected chi connectivity index (χ0v) is 16.3. The molecule has 1 aromatic carbocycles. The smallest absolute Gasteiger partial charge is 0.290 e. The lowest BCUT2D eigenvalue weighted by atomic mass is 9.71. The van der Waals surface area contributed by atoms with Crippen LogP contribution in [0.2, 0.25) is 5.02 Å². The first-order valence-corrected chi connectivity index (χ1v) is 9.42. The minimum Gasteiger partial charge on any atom is -0.484 e. The highest BCUT2D eigenvalue weighted by atomic mass is 35.5. The third kappa shape index (κ3) is 3.87. The van der Waals surface area contributed by atoms with Crippen LogP contribution in [-0.2, 0) is 4.79 Å². The summed E-state index contributed by atoms with van der Waals surface area (Å²) in [6, 6.07) is 5.42. The number of halogens is 2. The summed E-state index contributed by atoms with van der Waals surface area (Å²) in [6.45, 7) is -0.236. The molecule has 3 fully saturated rings. The second kappa shape index (κ2) is 7.22. The molecular weight excluding hydrogens is 405 g/mol. The van der Waals surface area contributed by atoms with Crippen molar-refractivity contribution in [2.75, 3.05) is 13.7 Å². The molecule has 0 atom stereocenters. The molecule has 2 amide bonds. The predicted molar refractivity (Wildman–Crippen MR) is 99.5 cm³/mol. The fourth-order valence-electron chi connectivity index (χ4n) is 4.19. The van der Waals surface area contributed by atoms with Crippen molar-refractivity contribution in [1.82, 2.24) is 15.8 Å². The fourth-order valence-corrected chi connectivity index (χ4v) is 4.31. The van der Waals surface area contributed by atoms with Gasteiger partial charge in [-0.1, -0.05) is 11.6 Å². The summed E-state index contributed by atoms with van der Waals surface area (Å²) < 4.78 is 28.6. The zero-order chi connectivity index (χ0) is 20.6. The van der Waals surface area contributed by atoms with Crippen molar-refractivity contribution in [1.29, 1.82) is 0 Å². The molecule has 2 aromatic rings. The predicted octanol–water partition coefficient (Wildman–Crippen LogP) is 2.47. The topological polar surface area (TPSA) is 103 Å². The number of ether oxygens (including phenoxy) is 2. The highest BCUT2D eigenvalue weighted by molar-refractivity contribution is 6.30. The number of fused-ring (bicyclic) bond motifs is 1. The maximum Gasteiger partial charge on any atom is 0.290 e. The molecule has 3 aliphatic carbocycles. The third-order valence-corrected chi connectivity index (χ3v) is 5.71. The summed E-state index contributed by atoms with van der Waals surface area (Å²) in [5.74, 6) is -0.743. The van der Waals surface area contributed by atoms with Crippen molar-refractivity contribution in [2.24, 2.45) is 0 Å². The Kier molecular flexibility index (Phi) is 4.85. The molecule has 0 unspecified atom stereocenters. The monoisotopic (exact) mass is 423 g/mol. The van der Waals surface area contributed by atoms with E-state index in [0.29, 0.717) is 12.8 Å². The average molecular weight is 424 g/mol. The van der Waals surface area contributed by atoms with E-state index < -0.39 is 5.82 Å². The highest BCUT2D eigenvalue weighted by Crippen LogP contribution is 2.55. The Balaban J connectivity index is 1.27. The summed E-state index contributed by atoms with van der Waals surface area (Å²) in [4.78, 5) is 24.6. The molecule has 2 N–H and O–H groups in total. The third-order valence-electron chi connectivity index (χ3n) is 5.40. The summed E-state index contributed by atoms with van der Waals surface area (Å²) >= 11 is 5.62. The van der Waals surface area contributed by atoms with Crippen LogP contribution in [0.5, 0.6) is 11.6 Å². The van der Waals surface area contributed by atoms with Gasteiger partial charge >= 0.3 is 0 Å². The molecule has 2 bridgehead atoms. The van der Waals surface area contributed by atoms with Gasteiger partial charge in [0.05, 0.1) is 18.2 Å². The molecule has 0 saturated heterocycles. The van der Waals surface area contributed by atoms with E-state index in [1.165, 1.54) is 25.3 Å². The fraction of sp³-hybridized carbons (Fsp3) is 0.421. The number of rotatable bonds is 7. The largest absolute Gasteiger partial charge is 0.484 e. The molecule has 1 heterocycles. The first-order chi connectivity index (χ1) is 13.8. The molecule has 3 saturated carbocycles. The number of hydrogen-bond donors (Lipinski definition) is 2. The number of carbonyl (C=O) groups is 2. The summed E-state index contributed by atoms with van der Waals surface area (Å²) in [5, 5.41) is 9.56. The Bertz CT molecular complexity index is 957. The second-order valence-electron chi connectivity index (χ2n) is 7.51. The van der Waals surface area contributed by atoms with Gasteiger partial charge in [0.25, 0.3) is 17.7 Å². The van der Waals surface area contributed by atoms with Crippen molar-refractivity contribution >= 4 is 23.4 Å². The molecule has 10 heteroatoms. The van der Waals surface area contributed by atoms with Crippen LogP contribution in [0.25, 0.3) is 0 Å². The van der Waals surface area contributed by atoms with Gasteiger partial charge in [0.1, 0.15) is 11.6 Å². The number of aromatic nitrogens is 1. The number of amides is 2. The molecule has 8 nitrogen and oxygen atoms in total. The first kappa shape index (κ1) is 19.5. The van der Waals surface area contributed by atoms with Crippen LogP contribution in [0, 0.1) is 5.82 Å². The van der Waals surface area contributed by atoms with E-state index >= 15 is 0 Å². The molecule has 29 heavy (non-hydrogen) atoms. The maximum atomic E-state index is 13.4. The lowest BCUT2D eigenvalue weighted by molar-refractivity contribution is -0.126. The molecular formula is C19H19ClFN3O5. The molecule has 0 spiro atoms. The normalized spacial score (nSPS) is 24.5. The van der Waals surface area contributed by atoms with E-state index in [9.17, 15) is 14.0 Å². The minimum atomic E-state index is -0.608. The second-order valence-corrected chi connectivity index (χ2v) is 7.92. The minimum absolute atomic E-state index is 0.0109. The number of hydrogen-bond acceptors (Lipinski definition) is 6.